The SMILES string of the molecule is CSCC[C@H](N)C(=O)N1CCN2C(=O)NCC2C1. The molecule has 0 aromatic rings. The van der Waals surface area contributed by atoms with Crippen molar-refractivity contribution in [2.45, 2.75) is 18.5 Å². The summed E-state index contributed by atoms with van der Waals surface area (Å²) in [4.78, 5) is 27.2. The number of carbonyl (C=O) groups is 2. The highest BCUT2D eigenvalue weighted by atomic mass is 32.2. The molecule has 2 saturated heterocycles. The van der Waals surface area contributed by atoms with Gasteiger partial charge in [0.05, 0.1) is 12.1 Å². The van der Waals surface area contributed by atoms with Crippen LogP contribution in [0.4, 0.5) is 4.79 Å². The molecule has 1 unspecified atom stereocenters. The summed E-state index contributed by atoms with van der Waals surface area (Å²) < 4.78 is 0. The molecule has 2 aliphatic heterocycles. The molecule has 2 rings (SSSR count). The van der Waals surface area contributed by atoms with Crippen molar-refractivity contribution in [1.82, 2.24) is 15.1 Å². The average Bonchev–Trinajstić information content (AvgIpc) is 2.76. The third kappa shape index (κ3) is 2.72. The number of rotatable bonds is 4. The Morgan fingerprint density at radius 1 is 1.61 bits per heavy atom. The fourth-order valence-electron chi connectivity index (χ4n) is 2.41. The van der Waals surface area contributed by atoms with Gasteiger partial charge in [-0.15, -0.1) is 0 Å². The quantitative estimate of drug-likeness (QED) is 0.709. The molecule has 102 valence electrons. The van der Waals surface area contributed by atoms with E-state index in [1.165, 1.54) is 0 Å². The Morgan fingerprint density at radius 3 is 3.11 bits per heavy atom. The number of nitrogens with zero attached hydrogens (tertiary/aromatic N) is 2. The average molecular weight is 272 g/mol. The maximum Gasteiger partial charge on any atom is 0.317 e. The summed E-state index contributed by atoms with van der Waals surface area (Å²) in [5.74, 6) is 0.916. The van der Waals surface area contributed by atoms with E-state index in [4.69, 9.17) is 5.73 Å². The number of piperazine rings is 1. The number of nitrogens with one attached hydrogen (secondary N) is 1. The summed E-state index contributed by atoms with van der Waals surface area (Å²) >= 11 is 1.70. The first kappa shape index (κ1) is 13.5. The van der Waals surface area contributed by atoms with E-state index in [-0.39, 0.29) is 18.0 Å². The van der Waals surface area contributed by atoms with Gasteiger partial charge in [-0.1, -0.05) is 0 Å². The molecule has 6 nitrogen and oxygen atoms in total. The summed E-state index contributed by atoms with van der Waals surface area (Å²) in [6.07, 6.45) is 2.72. The molecule has 3 N–H and O–H groups in total. The van der Waals surface area contributed by atoms with E-state index in [1.54, 1.807) is 21.6 Å². The number of hydrogen-bond acceptors (Lipinski definition) is 4. The molecule has 0 aliphatic carbocycles. The van der Waals surface area contributed by atoms with Crippen LogP contribution in [0.3, 0.4) is 0 Å². The summed E-state index contributed by atoms with van der Waals surface area (Å²) in [6, 6.07) is -0.309. The smallest absolute Gasteiger partial charge is 0.317 e. The molecule has 3 amide bonds. The third-order valence-corrected chi connectivity index (χ3v) is 4.14. The minimum atomic E-state index is -0.408. The van der Waals surface area contributed by atoms with Crippen LogP contribution in [0.15, 0.2) is 0 Å². The second kappa shape index (κ2) is 5.79. The normalized spacial score (nSPS) is 24.8. The van der Waals surface area contributed by atoms with Crippen molar-refractivity contribution in [3.63, 3.8) is 0 Å². The van der Waals surface area contributed by atoms with Crippen LogP contribution in [0.5, 0.6) is 0 Å². The fraction of sp³-hybridized carbons (Fsp3) is 0.818. The van der Waals surface area contributed by atoms with Crippen molar-refractivity contribution in [2.75, 3.05) is 38.2 Å². The van der Waals surface area contributed by atoms with Gasteiger partial charge in [0.15, 0.2) is 0 Å². The van der Waals surface area contributed by atoms with E-state index in [0.717, 1.165) is 5.75 Å². The van der Waals surface area contributed by atoms with E-state index in [0.29, 0.717) is 32.6 Å². The van der Waals surface area contributed by atoms with Crippen molar-refractivity contribution in [2.24, 2.45) is 5.73 Å². The first-order valence-corrected chi connectivity index (χ1v) is 7.60. The molecular formula is C11H20N4O2S. The van der Waals surface area contributed by atoms with Gasteiger partial charge in [-0.3, -0.25) is 4.79 Å². The molecule has 0 aromatic heterocycles. The van der Waals surface area contributed by atoms with Gasteiger partial charge in [0.1, 0.15) is 0 Å². The lowest BCUT2D eigenvalue weighted by Crippen LogP contribution is -2.56. The van der Waals surface area contributed by atoms with Gasteiger partial charge in [-0.25, -0.2) is 4.79 Å². The molecule has 2 aliphatic rings. The van der Waals surface area contributed by atoms with Gasteiger partial charge >= 0.3 is 6.03 Å². The van der Waals surface area contributed by atoms with Crippen molar-refractivity contribution < 1.29 is 9.59 Å². The summed E-state index contributed by atoms with van der Waals surface area (Å²) in [5, 5.41) is 2.80. The Bertz CT molecular complexity index is 339. The zero-order valence-corrected chi connectivity index (χ0v) is 11.4. The fourth-order valence-corrected chi connectivity index (χ4v) is 2.90. The predicted octanol–water partition coefficient (Wildman–Crippen LogP) is -0.697. The largest absolute Gasteiger partial charge is 0.337 e. The molecule has 2 heterocycles. The monoisotopic (exact) mass is 272 g/mol. The number of nitrogens with two attached hydrogens (primary N) is 1. The Hall–Kier alpha value is -0.950. The second-order valence-corrected chi connectivity index (χ2v) is 5.69. The lowest BCUT2D eigenvalue weighted by Gasteiger charge is -2.37. The van der Waals surface area contributed by atoms with Crippen LogP contribution >= 0.6 is 11.8 Å². The highest BCUT2D eigenvalue weighted by Crippen LogP contribution is 2.15. The summed E-state index contributed by atoms with van der Waals surface area (Å²) in [6.45, 7) is 2.43. The van der Waals surface area contributed by atoms with Gasteiger partial charge in [0.2, 0.25) is 5.91 Å². The van der Waals surface area contributed by atoms with Gasteiger partial charge in [-0.05, 0) is 18.4 Å². The number of fused-ring (bicyclic) bond motifs is 1. The van der Waals surface area contributed by atoms with Crippen molar-refractivity contribution in [1.29, 1.82) is 0 Å². The van der Waals surface area contributed by atoms with Gasteiger partial charge in [0.25, 0.3) is 0 Å². The van der Waals surface area contributed by atoms with Crippen molar-refractivity contribution in [3.8, 4) is 0 Å². The number of hydrogen-bond donors (Lipinski definition) is 2. The minimum absolute atomic E-state index is 0.0150. The summed E-state index contributed by atoms with van der Waals surface area (Å²) in [5.41, 5.74) is 5.90. The Labute approximate surface area is 111 Å². The van der Waals surface area contributed by atoms with Crippen LogP contribution in [0.25, 0.3) is 0 Å². The van der Waals surface area contributed by atoms with Gasteiger partial charge < -0.3 is 20.9 Å². The van der Waals surface area contributed by atoms with Crippen LogP contribution in [-0.4, -0.2) is 72.0 Å². The lowest BCUT2D eigenvalue weighted by atomic mass is 10.1. The maximum atomic E-state index is 12.1. The number of urea groups is 1. The van der Waals surface area contributed by atoms with E-state index < -0.39 is 6.04 Å². The number of carbonyl (C=O) groups excluding carboxylic acids is 2. The molecule has 0 radical (unpaired) electrons. The minimum Gasteiger partial charge on any atom is -0.337 e. The molecule has 7 heteroatoms. The molecule has 2 fully saturated rings. The Kier molecular flexibility index (Phi) is 4.34. The zero-order chi connectivity index (χ0) is 13.1. The Balaban J connectivity index is 1.87. The van der Waals surface area contributed by atoms with Crippen LogP contribution in [0, 0.1) is 0 Å². The van der Waals surface area contributed by atoms with Gasteiger partial charge in [0, 0.05) is 26.2 Å². The van der Waals surface area contributed by atoms with Crippen LogP contribution in [-0.2, 0) is 4.79 Å². The van der Waals surface area contributed by atoms with Crippen LogP contribution in [0.2, 0.25) is 0 Å². The standard InChI is InChI=1S/C11H20N4O2S/c1-18-5-2-9(12)10(16)14-3-4-15-8(7-14)6-13-11(15)17/h8-9H,2-7,12H2,1H3,(H,13,17)/t8?,9-/m0/s1. The Morgan fingerprint density at radius 2 is 2.39 bits per heavy atom. The van der Waals surface area contributed by atoms with Crippen molar-refractivity contribution >= 4 is 23.7 Å². The van der Waals surface area contributed by atoms with E-state index in [1.807, 2.05) is 6.26 Å². The molecule has 0 saturated carbocycles. The highest BCUT2D eigenvalue weighted by molar-refractivity contribution is 7.98. The van der Waals surface area contributed by atoms with Crippen LogP contribution in [0.1, 0.15) is 6.42 Å². The summed E-state index contributed by atoms with van der Waals surface area (Å²) in [7, 11) is 0. The molecule has 0 spiro atoms. The predicted molar refractivity (Wildman–Crippen MR) is 71.4 cm³/mol. The lowest BCUT2D eigenvalue weighted by molar-refractivity contribution is -0.134. The maximum absolute atomic E-state index is 12.1. The molecule has 18 heavy (non-hydrogen) atoms. The van der Waals surface area contributed by atoms with Gasteiger partial charge in [-0.2, -0.15) is 11.8 Å². The second-order valence-electron chi connectivity index (χ2n) is 4.71. The van der Waals surface area contributed by atoms with E-state index in [9.17, 15) is 9.59 Å². The molecule has 0 aromatic carbocycles. The zero-order valence-electron chi connectivity index (χ0n) is 10.6. The molecule has 0 bridgehead atoms. The van der Waals surface area contributed by atoms with E-state index >= 15 is 0 Å². The third-order valence-electron chi connectivity index (χ3n) is 3.49. The highest BCUT2D eigenvalue weighted by Gasteiger charge is 2.37. The van der Waals surface area contributed by atoms with Crippen molar-refractivity contribution in [3.05, 3.63) is 0 Å². The molecular weight excluding hydrogens is 252 g/mol. The first-order valence-electron chi connectivity index (χ1n) is 6.21. The molecule has 2 atom stereocenters. The van der Waals surface area contributed by atoms with Crippen LogP contribution < -0.4 is 11.1 Å². The number of amides is 3. The van der Waals surface area contributed by atoms with E-state index in [2.05, 4.69) is 5.32 Å². The number of thioether (sulfide) groups is 1. The first-order chi connectivity index (χ1) is 8.63. The topological polar surface area (TPSA) is 78.7 Å².